The average Bonchev–Trinajstić information content (AvgIpc) is 3.51. The van der Waals surface area contributed by atoms with Crippen LogP contribution in [-0.4, -0.2) is 107 Å². The van der Waals surface area contributed by atoms with Crippen LogP contribution in [0, 0.1) is 5.41 Å². The van der Waals surface area contributed by atoms with Crippen molar-refractivity contribution in [3.05, 3.63) is 75.2 Å². The lowest BCUT2D eigenvalue weighted by molar-refractivity contribution is -0.136. The van der Waals surface area contributed by atoms with Crippen molar-refractivity contribution in [2.45, 2.75) is 89.5 Å². The number of imide groups is 2. The van der Waals surface area contributed by atoms with Gasteiger partial charge in [0.25, 0.3) is 23.3 Å². The van der Waals surface area contributed by atoms with Gasteiger partial charge in [-0.05, 0) is 95.2 Å². The first-order valence-electron chi connectivity index (χ1n) is 21.6. The number of hydrogen-bond donors (Lipinski definition) is 3. The number of anilines is 4. The Morgan fingerprint density at radius 1 is 0.952 bits per heavy atom. The maximum absolute atomic E-state index is 13.7. The van der Waals surface area contributed by atoms with Gasteiger partial charge in [-0.3, -0.25) is 39.0 Å². The Balaban J connectivity index is 0.778. The molecule has 18 heteroatoms. The Labute approximate surface area is 368 Å². The third-order valence-electron chi connectivity index (χ3n) is 13.1. The Bertz CT molecular complexity index is 2580. The molecule has 1 atom stereocenters. The molecule has 4 aliphatic heterocycles. The Kier molecular flexibility index (Phi) is 11.3. The van der Waals surface area contributed by atoms with Crippen molar-refractivity contribution in [2.75, 3.05) is 55.0 Å². The van der Waals surface area contributed by atoms with E-state index in [0.29, 0.717) is 33.6 Å². The van der Waals surface area contributed by atoms with Crippen LogP contribution in [0.4, 0.5) is 23.1 Å². The molecule has 17 nitrogen and oxygen atoms in total. The molecule has 330 valence electrons. The minimum atomic E-state index is -0.993. The fourth-order valence-corrected chi connectivity index (χ4v) is 9.92. The Morgan fingerprint density at radius 3 is 2.41 bits per heavy atom. The molecule has 2 aromatic carbocycles. The molecule has 63 heavy (non-hydrogen) atoms. The molecular weight excluding hydrogens is 830 g/mol. The summed E-state index contributed by atoms with van der Waals surface area (Å²) in [6.45, 7) is 6.57. The zero-order valence-electron chi connectivity index (χ0n) is 35.4. The van der Waals surface area contributed by atoms with Gasteiger partial charge in [-0.2, -0.15) is 4.98 Å². The highest BCUT2D eigenvalue weighted by atomic mass is 35.5. The highest BCUT2D eigenvalue weighted by Gasteiger charge is 2.50. The second kappa shape index (κ2) is 16.9. The van der Waals surface area contributed by atoms with E-state index in [0.717, 1.165) is 86.2 Å². The van der Waals surface area contributed by atoms with Gasteiger partial charge in [0.2, 0.25) is 17.8 Å². The summed E-state index contributed by atoms with van der Waals surface area (Å²) in [5.41, 5.74) is 2.59. The number of benzene rings is 2. The maximum Gasteiger partial charge on any atom is 0.293 e. The highest BCUT2D eigenvalue weighted by molar-refractivity contribution is 6.33. The first-order chi connectivity index (χ1) is 30.3. The van der Waals surface area contributed by atoms with Crippen LogP contribution in [0.3, 0.4) is 0 Å². The van der Waals surface area contributed by atoms with Crippen LogP contribution in [0.5, 0.6) is 5.75 Å². The number of nitrogens with one attached hydrogen (secondary N) is 3. The number of carbonyl (C=O) groups is 5. The number of nitrogens with zero attached hydrogens (tertiary/aromatic N) is 6. The number of amides is 5. The van der Waals surface area contributed by atoms with E-state index in [4.69, 9.17) is 26.1 Å². The number of aromatic nitrogens is 3. The number of likely N-dealkylation sites (N-methyl/N-ethyl adjacent to an activating group) is 1. The van der Waals surface area contributed by atoms with Gasteiger partial charge in [0.1, 0.15) is 11.1 Å². The molecule has 5 aliphatic rings. The van der Waals surface area contributed by atoms with Crippen LogP contribution < -0.4 is 36.0 Å². The third-order valence-corrected chi connectivity index (χ3v) is 13.4. The van der Waals surface area contributed by atoms with Gasteiger partial charge in [0, 0.05) is 62.2 Å². The molecule has 1 spiro atoms. The molecule has 4 aromatic rings. The van der Waals surface area contributed by atoms with Crippen LogP contribution in [0.2, 0.25) is 5.02 Å². The van der Waals surface area contributed by atoms with Crippen LogP contribution in [-0.2, 0) is 19.1 Å². The van der Waals surface area contributed by atoms with Crippen molar-refractivity contribution in [1.82, 2.24) is 30.1 Å². The number of fused-ring (bicyclic) bond motifs is 2. The summed E-state index contributed by atoms with van der Waals surface area (Å²) in [6, 6.07) is 11.4. The quantitative estimate of drug-likeness (QED) is 0.175. The van der Waals surface area contributed by atoms with Crippen molar-refractivity contribution >= 4 is 75.2 Å². The molecule has 0 bridgehead atoms. The SMILES string of the molecule is CNC(=O)COc1cc2cc(Nc3nc(N4CCC(OC5CCC6(CC5)CN(c5cccc7c5C(=O)N(C5CCC(=O)NC5=O)C7=O)C6)CC4)ncc3Cl)ccc2n(C(C)C)c1=O. The summed E-state index contributed by atoms with van der Waals surface area (Å²) in [4.78, 5) is 91.1. The van der Waals surface area contributed by atoms with Crippen molar-refractivity contribution in [3.8, 4) is 5.75 Å². The zero-order valence-corrected chi connectivity index (χ0v) is 36.2. The molecular formula is C45H50ClN9O8. The minimum Gasteiger partial charge on any atom is -0.478 e. The lowest BCUT2D eigenvalue weighted by Crippen LogP contribution is -2.58. The molecule has 1 aliphatic carbocycles. The fraction of sp³-hybridized carbons (Fsp3) is 0.467. The van der Waals surface area contributed by atoms with Gasteiger partial charge in [0.05, 0.1) is 40.7 Å². The second-order valence-electron chi connectivity index (χ2n) is 17.5. The molecule has 2 aromatic heterocycles. The van der Waals surface area contributed by atoms with E-state index in [-0.39, 0.29) is 60.3 Å². The van der Waals surface area contributed by atoms with Gasteiger partial charge in [-0.25, -0.2) is 4.98 Å². The summed E-state index contributed by atoms with van der Waals surface area (Å²) in [6.07, 6.45) is 7.67. The summed E-state index contributed by atoms with van der Waals surface area (Å²) in [5, 5.41) is 9.18. The summed E-state index contributed by atoms with van der Waals surface area (Å²) < 4.78 is 13.9. The van der Waals surface area contributed by atoms with E-state index in [1.54, 1.807) is 29.0 Å². The zero-order chi connectivity index (χ0) is 44.2. The topological polar surface area (TPSA) is 197 Å². The number of hydrogen-bond acceptors (Lipinski definition) is 13. The lowest BCUT2D eigenvalue weighted by Gasteiger charge is -2.55. The van der Waals surface area contributed by atoms with Crippen molar-refractivity contribution in [1.29, 1.82) is 0 Å². The molecule has 9 rings (SSSR count). The molecule has 1 saturated carbocycles. The van der Waals surface area contributed by atoms with Crippen LogP contribution in [0.1, 0.15) is 92.0 Å². The molecule has 1 unspecified atom stereocenters. The Morgan fingerprint density at radius 2 is 1.70 bits per heavy atom. The third kappa shape index (κ3) is 8.08. The first-order valence-corrected chi connectivity index (χ1v) is 22.0. The normalized spacial score (nSPS) is 20.3. The monoisotopic (exact) mass is 879 g/mol. The number of ether oxygens (including phenoxy) is 2. The predicted octanol–water partition coefficient (Wildman–Crippen LogP) is 4.73. The number of halogens is 1. The summed E-state index contributed by atoms with van der Waals surface area (Å²) >= 11 is 6.60. The van der Waals surface area contributed by atoms with Crippen molar-refractivity contribution < 1.29 is 33.4 Å². The largest absolute Gasteiger partial charge is 0.478 e. The average molecular weight is 880 g/mol. The molecule has 3 saturated heterocycles. The number of rotatable bonds is 11. The molecule has 6 heterocycles. The van der Waals surface area contributed by atoms with Crippen LogP contribution in [0.15, 0.2) is 53.5 Å². The molecule has 5 amide bonds. The van der Waals surface area contributed by atoms with E-state index in [2.05, 4.69) is 30.7 Å². The van der Waals surface area contributed by atoms with Gasteiger partial charge in [0.15, 0.2) is 18.2 Å². The van der Waals surface area contributed by atoms with E-state index < -0.39 is 29.7 Å². The second-order valence-corrected chi connectivity index (χ2v) is 17.9. The highest BCUT2D eigenvalue weighted by Crippen LogP contribution is 2.48. The molecule has 4 fully saturated rings. The van der Waals surface area contributed by atoms with Gasteiger partial charge >= 0.3 is 0 Å². The molecule has 0 radical (unpaired) electrons. The predicted molar refractivity (Wildman–Crippen MR) is 235 cm³/mol. The number of piperidine rings is 2. The Hall–Kier alpha value is -6.07. The number of carbonyl (C=O) groups excluding carboxylic acids is 5. The van der Waals surface area contributed by atoms with Crippen molar-refractivity contribution in [2.24, 2.45) is 5.41 Å². The fourth-order valence-electron chi connectivity index (χ4n) is 9.78. The van der Waals surface area contributed by atoms with E-state index >= 15 is 0 Å². The van der Waals surface area contributed by atoms with Crippen LogP contribution in [0.25, 0.3) is 10.9 Å². The van der Waals surface area contributed by atoms with E-state index in [1.165, 1.54) is 7.05 Å². The van der Waals surface area contributed by atoms with Gasteiger partial charge in [-0.1, -0.05) is 17.7 Å². The standard InChI is InChI=1S/C45H50ClN9O8/c1-25(2)54-32-8-7-27(19-26(32)20-35(42(54)60)62-22-37(57)47-3)49-39-31(46)21-48-44(51-39)52-17-13-29(14-18-52)63-28-11-15-45(16-12-28)23-53(24-45)33-6-4-5-30-38(33)43(61)55(41(30)59)34-9-10-36(56)50-40(34)58/h4-8,19-21,25,28-29,34H,9-18,22-24H2,1-3H3,(H,47,57)(H,48,49,51)(H,50,56,58). The van der Waals surface area contributed by atoms with E-state index in [9.17, 15) is 28.8 Å². The van der Waals surface area contributed by atoms with Crippen LogP contribution >= 0.6 is 11.6 Å². The summed E-state index contributed by atoms with van der Waals surface area (Å²) in [7, 11) is 1.51. The van der Waals surface area contributed by atoms with Crippen molar-refractivity contribution in [3.63, 3.8) is 0 Å². The first kappa shape index (κ1) is 42.2. The summed E-state index contributed by atoms with van der Waals surface area (Å²) in [5.74, 6) is -1.23. The maximum atomic E-state index is 13.7. The lowest BCUT2D eigenvalue weighted by atomic mass is 9.67. The minimum absolute atomic E-state index is 0.0807. The smallest absolute Gasteiger partial charge is 0.293 e. The number of pyridine rings is 1. The van der Waals surface area contributed by atoms with Gasteiger partial charge in [-0.15, -0.1) is 0 Å². The van der Waals surface area contributed by atoms with Gasteiger partial charge < -0.3 is 34.5 Å². The van der Waals surface area contributed by atoms with E-state index in [1.807, 2.05) is 38.1 Å². The molecule has 3 N–H and O–H groups in total.